The van der Waals surface area contributed by atoms with Gasteiger partial charge in [-0.2, -0.15) is 13.2 Å². The lowest BCUT2D eigenvalue weighted by molar-refractivity contribution is -0.138. The van der Waals surface area contributed by atoms with Crippen LogP contribution in [0.25, 0.3) is 0 Å². The van der Waals surface area contributed by atoms with Crippen LogP contribution in [0.15, 0.2) is 46.5 Å². The molecule has 0 aliphatic rings. The second-order valence-electron chi connectivity index (χ2n) is 6.46. The third-order valence-electron chi connectivity index (χ3n) is 4.46. The van der Waals surface area contributed by atoms with Crippen molar-refractivity contribution >= 4 is 11.5 Å². The Kier molecular flexibility index (Phi) is 7.39. The van der Waals surface area contributed by atoms with Crippen LogP contribution in [0.3, 0.4) is 0 Å². The molecule has 0 aromatic heterocycles. The first-order chi connectivity index (χ1) is 13.7. The zero-order valence-corrected chi connectivity index (χ0v) is 17.0. The van der Waals surface area contributed by atoms with E-state index >= 15 is 0 Å². The topological polar surface area (TPSA) is 55.2 Å². The molecule has 0 saturated carbocycles. The Morgan fingerprint density at radius 2 is 1.83 bits per heavy atom. The van der Waals surface area contributed by atoms with Crippen molar-refractivity contribution in [2.24, 2.45) is 10.1 Å². The maximum Gasteiger partial charge on any atom is 0.416 e. The molecule has 0 atom stereocenters. The molecule has 0 fully saturated rings. The average molecular weight is 407 g/mol. The van der Waals surface area contributed by atoms with E-state index in [4.69, 9.17) is 9.68 Å². The van der Waals surface area contributed by atoms with Crippen molar-refractivity contribution in [3.63, 3.8) is 0 Å². The third kappa shape index (κ3) is 5.57. The second-order valence-corrected chi connectivity index (χ2v) is 6.46. The maximum atomic E-state index is 13.1. The van der Waals surface area contributed by atoms with Gasteiger partial charge in [-0.15, -0.1) is 0 Å². The Hall–Kier alpha value is -2.87. The first-order valence-corrected chi connectivity index (χ1v) is 8.88. The molecule has 0 radical (unpaired) electrons. The summed E-state index contributed by atoms with van der Waals surface area (Å²) in [6.45, 7) is 5.08. The first kappa shape index (κ1) is 22.4. The van der Waals surface area contributed by atoms with E-state index in [1.165, 1.54) is 20.1 Å². The summed E-state index contributed by atoms with van der Waals surface area (Å²) < 4.78 is 39.4. The van der Waals surface area contributed by atoms with Crippen LogP contribution in [-0.2, 0) is 22.5 Å². The molecule has 2 rings (SSSR count). The summed E-state index contributed by atoms with van der Waals surface area (Å²) in [6.07, 6.45) is -4.42. The molecule has 0 saturated heterocycles. The molecule has 0 bridgehead atoms. The van der Waals surface area contributed by atoms with Crippen molar-refractivity contribution in [1.29, 1.82) is 0 Å². The summed E-state index contributed by atoms with van der Waals surface area (Å²) in [5, 5.41) is 4.01. The summed E-state index contributed by atoms with van der Waals surface area (Å²) in [6, 6.07) is 9.78. The lowest BCUT2D eigenvalue weighted by Gasteiger charge is -2.14. The van der Waals surface area contributed by atoms with Gasteiger partial charge in [0.1, 0.15) is 6.61 Å². The SMILES string of the molecule is CN=C(NOC)c1cccc(C)c1CO/N=C(\C)c1ccc(C)c(C(F)(F)F)c1. The van der Waals surface area contributed by atoms with Crippen molar-refractivity contribution in [1.82, 2.24) is 5.48 Å². The minimum atomic E-state index is -4.42. The summed E-state index contributed by atoms with van der Waals surface area (Å²) in [7, 11) is 3.12. The van der Waals surface area contributed by atoms with E-state index < -0.39 is 11.7 Å². The largest absolute Gasteiger partial charge is 0.416 e. The fourth-order valence-electron chi connectivity index (χ4n) is 2.83. The van der Waals surface area contributed by atoms with Gasteiger partial charge in [-0.05, 0) is 43.5 Å². The monoisotopic (exact) mass is 407 g/mol. The number of nitrogens with zero attached hydrogens (tertiary/aromatic N) is 2. The van der Waals surface area contributed by atoms with Crippen LogP contribution in [0.4, 0.5) is 13.2 Å². The minimum Gasteiger partial charge on any atom is -0.391 e. The Labute approximate surface area is 168 Å². The minimum absolute atomic E-state index is 0.127. The molecular formula is C21H24F3N3O2. The Morgan fingerprint density at radius 3 is 2.45 bits per heavy atom. The van der Waals surface area contributed by atoms with Crippen molar-refractivity contribution in [3.05, 3.63) is 69.8 Å². The van der Waals surface area contributed by atoms with Crippen molar-refractivity contribution in [2.45, 2.75) is 33.6 Å². The third-order valence-corrected chi connectivity index (χ3v) is 4.46. The molecule has 8 heteroatoms. The van der Waals surface area contributed by atoms with Gasteiger partial charge in [0.25, 0.3) is 0 Å². The highest BCUT2D eigenvalue weighted by molar-refractivity contribution is 6.00. The van der Waals surface area contributed by atoms with Crippen LogP contribution in [0.2, 0.25) is 0 Å². The van der Waals surface area contributed by atoms with Gasteiger partial charge in [0.2, 0.25) is 0 Å². The molecule has 0 aliphatic heterocycles. The van der Waals surface area contributed by atoms with Crippen LogP contribution in [0.1, 0.15) is 40.3 Å². The van der Waals surface area contributed by atoms with E-state index in [-0.39, 0.29) is 12.2 Å². The van der Waals surface area contributed by atoms with E-state index in [1.807, 2.05) is 25.1 Å². The number of nitrogens with one attached hydrogen (secondary N) is 1. The number of aryl methyl sites for hydroxylation is 2. The molecular weight excluding hydrogens is 383 g/mol. The molecule has 156 valence electrons. The Morgan fingerprint density at radius 1 is 1.10 bits per heavy atom. The number of amidine groups is 1. The van der Waals surface area contributed by atoms with Crippen LogP contribution in [0, 0.1) is 13.8 Å². The highest BCUT2D eigenvalue weighted by atomic mass is 19.4. The standard InChI is InChI=1S/C21H24F3N3O2/c1-13-7-6-8-17(20(25-4)27-28-5)18(13)12-29-26-15(3)16-10-9-14(2)19(11-16)21(22,23)24/h6-11H,12H2,1-5H3,(H,25,27)/b26-15+. The summed E-state index contributed by atoms with van der Waals surface area (Å²) in [5.41, 5.74) is 5.50. The number of rotatable bonds is 6. The van der Waals surface area contributed by atoms with Crippen molar-refractivity contribution in [2.75, 3.05) is 14.2 Å². The summed E-state index contributed by atoms with van der Waals surface area (Å²) in [5.74, 6) is 0.531. The number of halogens is 3. The predicted molar refractivity (Wildman–Crippen MR) is 107 cm³/mol. The molecule has 0 heterocycles. The fraction of sp³-hybridized carbons (Fsp3) is 0.333. The quantitative estimate of drug-likeness (QED) is 0.426. The van der Waals surface area contributed by atoms with E-state index in [0.717, 1.165) is 22.8 Å². The lowest BCUT2D eigenvalue weighted by Crippen LogP contribution is -2.24. The van der Waals surface area contributed by atoms with E-state index in [2.05, 4.69) is 15.6 Å². The first-order valence-electron chi connectivity index (χ1n) is 8.88. The number of alkyl halides is 3. The zero-order valence-electron chi connectivity index (χ0n) is 17.0. The van der Waals surface area contributed by atoms with Gasteiger partial charge in [-0.1, -0.05) is 35.5 Å². The molecule has 0 amide bonds. The Bertz CT molecular complexity index is 922. The smallest absolute Gasteiger partial charge is 0.391 e. The van der Waals surface area contributed by atoms with E-state index in [0.29, 0.717) is 17.1 Å². The average Bonchev–Trinajstić information content (AvgIpc) is 2.66. The van der Waals surface area contributed by atoms with Crippen LogP contribution in [-0.4, -0.2) is 25.7 Å². The number of hydrogen-bond donors (Lipinski definition) is 1. The molecule has 2 aromatic rings. The number of oxime groups is 1. The number of aliphatic imine (C=N–C) groups is 1. The van der Waals surface area contributed by atoms with Crippen LogP contribution < -0.4 is 5.48 Å². The summed E-state index contributed by atoms with van der Waals surface area (Å²) >= 11 is 0. The van der Waals surface area contributed by atoms with E-state index in [1.54, 1.807) is 20.0 Å². The number of benzene rings is 2. The van der Waals surface area contributed by atoms with Gasteiger partial charge in [-0.25, -0.2) is 5.48 Å². The van der Waals surface area contributed by atoms with Crippen molar-refractivity contribution in [3.8, 4) is 0 Å². The molecule has 1 N–H and O–H groups in total. The van der Waals surface area contributed by atoms with Crippen molar-refractivity contribution < 1.29 is 22.8 Å². The van der Waals surface area contributed by atoms with Gasteiger partial charge in [0.15, 0.2) is 5.84 Å². The molecule has 2 aromatic carbocycles. The normalized spacial score (nSPS) is 12.8. The Balaban J connectivity index is 2.25. The molecule has 0 unspecified atom stereocenters. The highest BCUT2D eigenvalue weighted by Gasteiger charge is 2.32. The highest BCUT2D eigenvalue weighted by Crippen LogP contribution is 2.32. The van der Waals surface area contributed by atoms with Gasteiger partial charge in [-0.3, -0.25) is 9.83 Å². The lowest BCUT2D eigenvalue weighted by atomic mass is 10.0. The molecule has 29 heavy (non-hydrogen) atoms. The number of hydrogen-bond acceptors (Lipinski definition) is 4. The zero-order chi connectivity index (χ0) is 21.6. The van der Waals surface area contributed by atoms with E-state index in [9.17, 15) is 13.2 Å². The molecule has 5 nitrogen and oxygen atoms in total. The molecule has 0 aliphatic carbocycles. The van der Waals surface area contributed by atoms with Gasteiger partial charge >= 0.3 is 6.18 Å². The molecule has 0 spiro atoms. The maximum absolute atomic E-state index is 13.1. The van der Waals surface area contributed by atoms with Gasteiger partial charge < -0.3 is 4.84 Å². The predicted octanol–water partition coefficient (Wildman–Crippen LogP) is 4.79. The van der Waals surface area contributed by atoms with Crippen LogP contribution in [0.5, 0.6) is 0 Å². The number of hydroxylamine groups is 1. The van der Waals surface area contributed by atoms with Crippen LogP contribution >= 0.6 is 0 Å². The second kappa shape index (κ2) is 9.56. The van der Waals surface area contributed by atoms with Gasteiger partial charge in [0.05, 0.1) is 18.4 Å². The van der Waals surface area contributed by atoms with Gasteiger partial charge in [0, 0.05) is 18.2 Å². The summed E-state index contributed by atoms with van der Waals surface area (Å²) in [4.78, 5) is 14.6. The fourth-order valence-corrected chi connectivity index (χ4v) is 2.83.